The number of nitrogens with one attached hydrogen (secondary N) is 2. The van der Waals surface area contributed by atoms with Gasteiger partial charge in [-0.15, -0.1) is 0 Å². The number of hydrogen-bond donors (Lipinski definition) is 3. The highest BCUT2D eigenvalue weighted by Gasteiger charge is 2.08. The molecule has 0 spiro atoms. The van der Waals surface area contributed by atoms with E-state index in [-0.39, 0.29) is 11.1 Å². The molecular formula is C14H13N3O3. The molecule has 6 nitrogen and oxygen atoms in total. The number of nitrogens with two attached hydrogens (primary N) is 1. The molecule has 1 heterocycles. The van der Waals surface area contributed by atoms with Gasteiger partial charge in [-0.3, -0.25) is 14.4 Å². The Kier molecular flexibility index (Phi) is 3.65. The lowest BCUT2D eigenvalue weighted by molar-refractivity contribution is 0.0998. The van der Waals surface area contributed by atoms with Crippen LogP contribution in [0.5, 0.6) is 0 Å². The molecule has 0 atom stereocenters. The van der Waals surface area contributed by atoms with E-state index in [4.69, 9.17) is 5.73 Å². The molecule has 0 unspecified atom stereocenters. The fourth-order valence-electron chi connectivity index (χ4n) is 1.73. The first-order valence-electron chi connectivity index (χ1n) is 5.88. The maximum absolute atomic E-state index is 12.0. The Morgan fingerprint density at radius 1 is 1.10 bits per heavy atom. The third kappa shape index (κ3) is 3.11. The van der Waals surface area contributed by atoms with E-state index < -0.39 is 11.8 Å². The van der Waals surface area contributed by atoms with Crippen LogP contribution in [0, 0.1) is 6.92 Å². The first-order chi connectivity index (χ1) is 9.45. The molecule has 0 aliphatic rings. The molecule has 20 heavy (non-hydrogen) atoms. The third-order valence-electron chi connectivity index (χ3n) is 2.67. The predicted octanol–water partition coefficient (Wildman–Crippen LogP) is 1.03. The molecule has 0 saturated carbocycles. The molecule has 2 rings (SSSR count). The molecule has 102 valence electrons. The van der Waals surface area contributed by atoms with Crippen LogP contribution in [-0.2, 0) is 0 Å². The Balaban J connectivity index is 2.19. The minimum atomic E-state index is -0.534. The number of primary amides is 1. The largest absolute Gasteiger partial charge is 0.366 e. The molecule has 1 aromatic carbocycles. The van der Waals surface area contributed by atoms with Gasteiger partial charge < -0.3 is 16.0 Å². The summed E-state index contributed by atoms with van der Waals surface area (Å²) < 4.78 is 0. The summed E-state index contributed by atoms with van der Waals surface area (Å²) in [5.41, 5.74) is 6.53. The van der Waals surface area contributed by atoms with Crippen LogP contribution in [0.4, 0.5) is 5.69 Å². The number of carbonyl (C=O) groups excluding carboxylic acids is 2. The normalized spacial score (nSPS) is 10.1. The van der Waals surface area contributed by atoms with Crippen molar-refractivity contribution in [2.75, 3.05) is 5.32 Å². The van der Waals surface area contributed by atoms with E-state index in [0.29, 0.717) is 16.9 Å². The van der Waals surface area contributed by atoms with Crippen molar-refractivity contribution in [2.24, 2.45) is 5.73 Å². The van der Waals surface area contributed by atoms with Gasteiger partial charge in [0.1, 0.15) is 0 Å². The van der Waals surface area contributed by atoms with Crippen LogP contribution in [-0.4, -0.2) is 16.8 Å². The molecule has 4 N–H and O–H groups in total. The van der Waals surface area contributed by atoms with Crippen LogP contribution >= 0.6 is 0 Å². The van der Waals surface area contributed by atoms with Crippen molar-refractivity contribution in [1.29, 1.82) is 0 Å². The number of aromatic nitrogens is 1. The summed E-state index contributed by atoms with van der Waals surface area (Å²) in [6.07, 6.45) is 0. The summed E-state index contributed by atoms with van der Waals surface area (Å²) in [6, 6.07) is 8.96. The third-order valence-corrected chi connectivity index (χ3v) is 2.67. The summed E-state index contributed by atoms with van der Waals surface area (Å²) >= 11 is 0. The molecule has 6 heteroatoms. The minimum absolute atomic E-state index is 0.269. The number of anilines is 1. The van der Waals surface area contributed by atoms with Gasteiger partial charge in [-0.25, -0.2) is 0 Å². The maximum Gasteiger partial charge on any atom is 0.255 e. The van der Waals surface area contributed by atoms with Gasteiger partial charge in [-0.2, -0.15) is 0 Å². The van der Waals surface area contributed by atoms with Crippen molar-refractivity contribution < 1.29 is 9.59 Å². The predicted molar refractivity (Wildman–Crippen MR) is 74.7 cm³/mol. The van der Waals surface area contributed by atoms with Gasteiger partial charge in [0.25, 0.3) is 5.91 Å². The van der Waals surface area contributed by atoms with Crippen LogP contribution in [0.25, 0.3) is 0 Å². The van der Waals surface area contributed by atoms with Gasteiger partial charge in [0.15, 0.2) is 0 Å². The molecule has 0 saturated heterocycles. The number of aryl methyl sites for hydroxylation is 1. The monoisotopic (exact) mass is 271 g/mol. The molecule has 1 aromatic heterocycles. The molecular weight excluding hydrogens is 258 g/mol. The fourth-order valence-corrected chi connectivity index (χ4v) is 1.73. The van der Waals surface area contributed by atoms with Crippen LogP contribution in [0.1, 0.15) is 26.4 Å². The van der Waals surface area contributed by atoms with E-state index in [0.717, 1.165) is 0 Å². The maximum atomic E-state index is 12.0. The van der Waals surface area contributed by atoms with Gasteiger partial charge in [-0.1, -0.05) is 0 Å². The number of rotatable bonds is 3. The molecule has 0 fully saturated rings. The summed E-state index contributed by atoms with van der Waals surface area (Å²) in [6.45, 7) is 1.69. The first kappa shape index (κ1) is 13.5. The number of amides is 2. The van der Waals surface area contributed by atoms with Crippen molar-refractivity contribution in [1.82, 2.24) is 4.98 Å². The number of pyridine rings is 1. The number of hydrogen-bond acceptors (Lipinski definition) is 3. The minimum Gasteiger partial charge on any atom is -0.366 e. The van der Waals surface area contributed by atoms with Gasteiger partial charge in [-0.05, 0) is 37.3 Å². The Morgan fingerprint density at radius 2 is 1.75 bits per heavy atom. The smallest absolute Gasteiger partial charge is 0.255 e. The summed E-state index contributed by atoms with van der Waals surface area (Å²) in [4.78, 5) is 36.8. The summed E-state index contributed by atoms with van der Waals surface area (Å²) in [5, 5.41) is 2.63. The molecule has 2 aromatic rings. The van der Waals surface area contributed by atoms with Crippen molar-refractivity contribution in [2.45, 2.75) is 6.92 Å². The van der Waals surface area contributed by atoms with Crippen LogP contribution in [0.2, 0.25) is 0 Å². The summed E-state index contributed by atoms with van der Waals surface area (Å²) in [7, 11) is 0. The van der Waals surface area contributed by atoms with Crippen molar-refractivity contribution >= 4 is 17.5 Å². The highest BCUT2D eigenvalue weighted by Crippen LogP contribution is 2.11. The average Bonchev–Trinajstić information content (AvgIpc) is 2.38. The standard InChI is InChI=1S/C14H13N3O3/c1-8-6-10(7-12(18)16-8)14(20)17-11-4-2-9(3-5-11)13(15)19/h2-7H,1H3,(H2,15,19)(H,16,18)(H,17,20). The highest BCUT2D eigenvalue weighted by atomic mass is 16.2. The van der Waals surface area contributed by atoms with Gasteiger partial charge >= 0.3 is 0 Å². The Morgan fingerprint density at radius 3 is 2.30 bits per heavy atom. The zero-order valence-electron chi connectivity index (χ0n) is 10.8. The quantitative estimate of drug-likeness (QED) is 0.776. The molecule has 0 radical (unpaired) electrons. The van der Waals surface area contributed by atoms with Crippen LogP contribution in [0.3, 0.4) is 0 Å². The van der Waals surface area contributed by atoms with Crippen molar-refractivity contribution in [3.8, 4) is 0 Å². The Bertz CT molecular complexity index is 717. The number of benzene rings is 1. The second-order valence-corrected chi connectivity index (χ2v) is 4.31. The van der Waals surface area contributed by atoms with Gasteiger partial charge in [0, 0.05) is 28.6 Å². The second kappa shape index (κ2) is 5.40. The van der Waals surface area contributed by atoms with E-state index in [1.807, 2.05) is 0 Å². The van der Waals surface area contributed by atoms with E-state index in [1.165, 1.54) is 18.2 Å². The van der Waals surface area contributed by atoms with Crippen LogP contribution < -0.4 is 16.6 Å². The second-order valence-electron chi connectivity index (χ2n) is 4.31. The molecule has 0 aliphatic heterocycles. The molecule has 0 aliphatic carbocycles. The van der Waals surface area contributed by atoms with Crippen LogP contribution in [0.15, 0.2) is 41.2 Å². The SMILES string of the molecule is Cc1cc(C(=O)Nc2ccc(C(N)=O)cc2)cc(=O)[nH]1. The Hall–Kier alpha value is -2.89. The van der Waals surface area contributed by atoms with E-state index in [9.17, 15) is 14.4 Å². The zero-order valence-corrected chi connectivity index (χ0v) is 10.8. The Labute approximate surface area is 114 Å². The number of aromatic amines is 1. The van der Waals surface area contributed by atoms with E-state index >= 15 is 0 Å². The van der Waals surface area contributed by atoms with Gasteiger partial charge in [0.2, 0.25) is 11.5 Å². The highest BCUT2D eigenvalue weighted by molar-refractivity contribution is 6.04. The average molecular weight is 271 g/mol. The fraction of sp³-hybridized carbons (Fsp3) is 0.0714. The zero-order chi connectivity index (χ0) is 14.7. The van der Waals surface area contributed by atoms with Gasteiger partial charge in [0.05, 0.1) is 0 Å². The lowest BCUT2D eigenvalue weighted by Gasteiger charge is -2.06. The van der Waals surface area contributed by atoms with Crippen molar-refractivity contribution in [3.05, 3.63) is 63.6 Å². The lowest BCUT2D eigenvalue weighted by atomic mass is 10.2. The molecule has 2 amide bonds. The first-order valence-corrected chi connectivity index (χ1v) is 5.88. The van der Waals surface area contributed by atoms with E-state index in [2.05, 4.69) is 10.3 Å². The summed E-state index contributed by atoms with van der Waals surface area (Å²) in [5.74, 6) is -0.931. The number of H-pyrrole nitrogens is 1. The van der Waals surface area contributed by atoms with Crippen molar-refractivity contribution in [3.63, 3.8) is 0 Å². The molecule has 0 bridgehead atoms. The number of carbonyl (C=O) groups is 2. The topological polar surface area (TPSA) is 105 Å². The lowest BCUT2D eigenvalue weighted by Crippen LogP contribution is -2.17. The van der Waals surface area contributed by atoms with E-state index in [1.54, 1.807) is 25.1 Å².